The maximum Gasteiger partial charge on any atom is 0.133 e. The van der Waals surface area contributed by atoms with Crippen LogP contribution in [0.1, 0.15) is 16.5 Å². The summed E-state index contributed by atoms with van der Waals surface area (Å²) in [6.07, 6.45) is 4.28. The van der Waals surface area contributed by atoms with Crippen LogP contribution in [0.3, 0.4) is 0 Å². The van der Waals surface area contributed by atoms with E-state index in [9.17, 15) is 0 Å². The molecule has 1 aliphatic heterocycles. The van der Waals surface area contributed by atoms with Crippen molar-refractivity contribution in [2.24, 2.45) is 10.7 Å². The van der Waals surface area contributed by atoms with Crippen molar-refractivity contribution >= 4 is 17.0 Å². The molecule has 0 radical (unpaired) electrons. The van der Waals surface area contributed by atoms with Gasteiger partial charge in [0.2, 0.25) is 0 Å². The highest BCUT2D eigenvalue weighted by atomic mass is 32.1. The molecule has 0 saturated heterocycles. The predicted octanol–water partition coefficient (Wildman–Crippen LogP) is 1.91. The summed E-state index contributed by atoms with van der Waals surface area (Å²) in [6.45, 7) is 0.756. The standard InChI is InChI=1S/C11H14N2OS/c1-13-9(2-5-12)10-11-8(3-6-14-10)4-7-15-11/h2,4-5,7,10H,3,6,12H2,1H3. The molecule has 1 aromatic rings. The number of nitrogens with zero attached hydrogens (tertiary/aromatic N) is 1. The van der Waals surface area contributed by atoms with Gasteiger partial charge < -0.3 is 10.5 Å². The van der Waals surface area contributed by atoms with Crippen molar-refractivity contribution in [2.75, 3.05) is 13.7 Å². The molecule has 0 saturated carbocycles. The van der Waals surface area contributed by atoms with E-state index < -0.39 is 0 Å². The highest BCUT2D eigenvalue weighted by Crippen LogP contribution is 2.32. The lowest BCUT2D eigenvalue weighted by molar-refractivity contribution is 0.0913. The zero-order valence-electron chi connectivity index (χ0n) is 8.64. The maximum atomic E-state index is 5.74. The van der Waals surface area contributed by atoms with Crippen molar-refractivity contribution in [1.29, 1.82) is 0 Å². The molecule has 1 atom stereocenters. The lowest BCUT2D eigenvalue weighted by Gasteiger charge is -2.23. The van der Waals surface area contributed by atoms with Gasteiger partial charge in [0.1, 0.15) is 6.10 Å². The summed E-state index contributed by atoms with van der Waals surface area (Å²) in [7, 11) is 1.76. The van der Waals surface area contributed by atoms with Gasteiger partial charge in [0, 0.05) is 11.9 Å². The van der Waals surface area contributed by atoms with Crippen molar-refractivity contribution in [3.05, 3.63) is 34.2 Å². The zero-order chi connectivity index (χ0) is 10.7. The lowest BCUT2D eigenvalue weighted by atomic mass is 10.0. The Morgan fingerprint density at radius 1 is 1.73 bits per heavy atom. The number of hydrogen-bond donors (Lipinski definition) is 1. The quantitative estimate of drug-likeness (QED) is 0.777. The van der Waals surface area contributed by atoms with Crippen LogP contribution in [0.25, 0.3) is 0 Å². The summed E-state index contributed by atoms with van der Waals surface area (Å²) >= 11 is 1.72. The Balaban J connectivity index is 2.33. The van der Waals surface area contributed by atoms with Gasteiger partial charge in [0.05, 0.1) is 12.3 Å². The van der Waals surface area contributed by atoms with Crippen LogP contribution in [0.4, 0.5) is 0 Å². The molecule has 0 aliphatic carbocycles. The number of nitrogens with two attached hydrogens (primary N) is 1. The highest BCUT2D eigenvalue weighted by molar-refractivity contribution is 7.10. The van der Waals surface area contributed by atoms with Crippen molar-refractivity contribution in [1.82, 2.24) is 0 Å². The van der Waals surface area contributed by atoms with Crippen LogP contribution in [0.15, 0.2) is 28.7 Å². The van der Waals surface area contributed by atoms with Gasteiger partial charge in [-0.3, -0.25) is 4.99 Å². The van der Waals surface area contributed by atoms with Crippen molar-refractivity contribution < 1.29 is 4.74 Å². The van der Waals surface area contributed by atoms with Crippen molar-refractivity contribution in [2.45, 2.75) is 12.5 Å². The second kappa shape index (κ2) is 4.59. The van der Waals surface area contributed by atoms with E-state index in [2.05, 4.69) is 16.4 Å². The number of thiophene rings is 1. The van der Waals surface area contributed by atoms with E-state index >= 15 is 0 Å². The topological polar surface area (TPSA) is 47.6 Å². The molecule has 15 heavy (non-hydrogen) atoms. The van der Waals surface area contributed by atoms with Gasteiger partial charge in [-0.25, -0.2) is 0 Å². The Labute approximate surface area is 93.3 Å². The number of rotatable bonds is 2. The van der Waals surface area contributed by atoms with Crippen LogP contribution in [0.2, 0.25) is 0 Å². The number of aliphatic imine (C=N–C) groups is 1. The molecule has 0 spiro atoms. The Morgan fingerprint density at radius 3 is 3.33 bits per heavy atom. The summed E-state index contributed by atoms with van der Waals surface area (Å²) in [5.41, 5.74) is 7.66. The van der Waals surface area contributed by atoms with Crippen LogP contribution in [-0.4, -0.2) is 19.4 Å². The Morgan fingerprint density at radius 2 is 2.60 bits per heavy atom. The van der Waals surface area contributed by atoms with Gasteiger partial charge in [-0.1, -0.05) is 0 Å². The second-order valence-corrected chi connectivity index (χ2v) is 4.27. The molecule has 2 rings (SSSR count). The molecular weight excluding hydrogens is 208 g/mol. The number of fused-ring (bicyclic) bond motifs is 1. The van der Waals surface area contributed by atoms with Gasteiger partial charge in [0.25, 0.3) is 0 Å². The second-order valence-electron chi connectivity index (χ2n) is 3.32. The minimum atomic E-state index is -0.0291. The number of ether oxygens (including phenoxy) is 1. The van der Waals surface area contributed by atoms with Crippen molar-refractivity contribution in [3.63, 3.8) is 0 Å². The monoisotopic (exact) mass is 222 g/mol. The van der Waals surface area contributed by atoms with E-state index in [0.717, 1.165) is 18.7 Å². The molecule has 80 valence electrons. The SMILES string of the molecule is CN=C(C=CN)C1OCCc2ccsc21. The van der Waals surface area contributed by atoms with Crippen LogP contribution in [0, 0.1) is 0 Å². The molecule has 1 unspecified atom stereocenters. The molecule has 1 aromatic heterocycles. The van der Waals surface area contributed by atoms with Crippen LogP contribution in [0.5, 0.6) is 0 Å². The van der Waals surface area contributed by atoms with Crippen molar-refractivity contribution in [3.8, 4) is 0 Å². The number of hydrogen-bond acceptors (Lipinski definition) is 4. The summed E-state index contributed by atoms with van der Waals surface area (Å²) in [4.78, 5) is 5.48. The van der Waals surface area contributed by atoms with Gasteiger partial charge in [-0.15, -0.1) is 11.3 Å². The first-order valence-corrected chi connectivity index (χ1v) is 5.77. The Bertz CT molecular complexity index is 395. The molecule has 3 nitrogen and oxygen atoms in total. The highest BCUT2D eigenvalue weighted by Gasteiger charge is 2.25. The third-order valence-corrected chi connectivity index (χ3v) is 3.47. The van der Waals surface area contributed by atoms with E-state index in [-0.39, 0.29) is 6.10 Å². The minimum Gasteiger partial charge on any atom is -0.405 e. The summed E-state index contributed by atoms with van der Waals surface area (Å²) in [6, 6.07) is 2.16. The average molecular weight is 222 g/mol. The van der Waals surface area contributed by atoms with E-state index in [4.69, 9.17) is 10.5 Å². The first kappa shape index (κ1) is 10.4. The molecular formula is C11H14N2OS. The third-order valence-electron chi connectivity index (χ3n) is 2.47. The summed E-state index contributed by atoms with van der Waals surface area (Å²) in [5, 5.41) is 2.10. The third kappa shape index (κ3) is 1.96. The molecule has 0 aromatic carbocycles. The Hall–Kier alpha value is -1.13. The molecule has 0 amide bonds. The van der Waals surface area contributed by atoms with Crippen LogP contribution >= 0.6 is 11.3 Å². The van der Waals surface area contributed by atoms with Crippen LogP contribution in [-0.2, 0) is 11.2 Å². The maximum absolute atomic E-state index is 5.74. The molecule has 0 fully saturated rings. The zero-order valence-corrected chi connectivity index (χ0v) is 9.46. The fraction of sp³-hybridized carbons (Fsp3) is 0.364. The van der Waals surface area contributed by atoms with E-state index in [0.29, 0.717) is 0 Å². The molecule has 0 bridgehead atoms. The summed E-state index contributed by atoms with van der Waals surface area (Å²) < 4.78 is 5.74. The molecule has 4 heteroatoms. The van der Waals surface area contributed by atoms with E-state index in [1.54, 1.807) is 24.5 Å². The van der Waals surface area contributed by atoms with E-state index in [1.807, 2.05) is 0 Å². The normalized spacial score (nSPS) is 21.9. The average Bonchev–Trinajstić information content (AvgIpc) is 2.73. The lowest BCUT2D eigenvalue weighted by Crippen LogP contribution is -2.20. The largest absolute Gasteiger partial charge is 0.405 e. The predicted molar refractivity (Wildman–Crippen MR) is 63.4 cm³/mol. The molecule has 2 N–H and O–H groups in total. The van der Waals surface area contributed by atoms with Crippen LogP contribution < -0.4 is 5.73 Å². The van der Waals surface area contributed by atoms with Gasteiger partial charge in [-0.2, -0.15) is 0 Å². The summed E-state index contributed by atoms with van der Waals surface area (Å²) in [5.74, 6) is 0. The first-order chi connectivity index (χ1) is 7.36. The van der Waals surface area contributed by atoms with Gasteiger partial charge >= 0.3 is 0 Å². The smallest absolute Gasteiger partial charge is 0.133 e. The minimum absolute atomic E-state index is 0.0291. The fourth-order valence-electron chi connectivity index (χ4n) is 1.74. The molecule has 2 heterocycles. The molecule has 1 aliphatic rings. The first-order valence-electron chi connectivity index (χ1n) is 4.89. The van der Waals surface area contributed by atoms with Gasteiger partial charge in [0.15, 0.2) is 0 Å². The Kier molecular flexibility index (Phi) is 3.18. The van der Waals surface area contributed by atoms with Gasteiger partial charge in [-0.05, 0) is 35.7 Å². The fourth-order valence-corrected chi connectivity index (χ4v) is 2.76. The van der Waals surface area contributed by atoms with E-state index in [1.165, 1.54) is 16.6 Å².